The van der Waals surface area contributed by atoms with Gasteiger partial charge < -0.3 is 10.2 Å². The minimum Gasteiger partial charge on any atom is -0.336 e. The molecule has 0 bridgehead atoms. The van der Waals surface area contributed by atoms with Crippen LogP contribution < -0.4 is 5.32 Å². The SMILES string of the molecule is CCN(CC1CCCCN1)C(=O)c1cccc(C)n1. The second-order valence-electron chi connectivity index (χ2n) is 5.15. The number of amides is 1. The largest absolute Gasteiger partial charge is 0.336 e. The Bertz CT molecular complexity index is 427. The number of nitrogens with zero attached hydrogens (tertiary/aromatic N) is 2. The second-order valence-corrected chi connectivity index (χ2v) is 5.15. The number of pyridine rings is 1. The molecule has 1 unspecified atom stereocenters. The molecule has 104 valence electrons. The van der Waals surface area contributed by atoms with Crippen molar-refractivity contribution in [1.82, 2.24) is 15.2 Å². The van der Waals surface area contributed by atoms with Crippen LogP contribution in [-0.4, -0.2) is 41.5 Å². The smallest absolute Gasteiger partial charge is 0.272 e. The molecule has 0 aliphatic carbocycles. The van der Waals surface area contributed by atoms with Crippen molar-refractivity contribution in [3.63, 3.8) is 0 Å². The zero-order chi connectivity index (χ0) is 13.7. The van der Waals surface area contributed by atoms with Crippen LogP contribution in [0.15, 0.2) is 18.2 Å². The molecule has 19 heavy (non-hydrogen) atoms. The molecule has 0 spiro atoms. The summed E-state index contributed by atoms with van der Waals surface area (Å²) in [5.74, 6) is 0.0403. The maximum absolute atomic E-state index is 12.4. The van der Waals surface area contributed by atoms with Gasteiger partial charge in [0.1, 0.15) is 5.69 Å². The van der Waals surface area contributed by atoms with Gasteiger partial charge in [-0.15, -0.1) is 0 Å². The van der Waals surface area contributed by atoms with Gasteiger partial charge in [0.05, 0.1) is 0 Å². The quantitative estimate of drug-likeness (QED) is 0.901. The summed E-state index contributed by atoms with van der Waals surface area (Å²) < 4.78 is 0. The minimum atomic E-state index is 0.0403. The molecule has 4 nitrogen and oxygen atoms in total. The topological polar surface area (TPSA) is 45.2 Å². The van der Waals surface area contributed by atoms with Crippen LogP contribution in [0.4, 0.5) is 0 Å². The van der Waals surface area contributed by atoms with Crippen molar-refractivity contribution in [1.29, 1.82) is 0 Å². The Morgan fingerprint density at radius 1 is 1.47 bits per heavy atom. The predicted octanol–water partition coefficient (Wildman–Crippen LogP) is 1.99. The summed E-state index contributed by atoms with van der Waals surface area (Å²) in [6.45, 7) is 6.52. The number of hydrogen-bond acceptors (Lipinski definition) is 3. The average Bonchev–Trinajstić information content (AvgIpc) is 2.45. The van der Waals surface area contributed by atoms with Crippen molar-refractivity contribution < 1.29 is 4.79 Å². The first-order valence-corrected chi connectivity index (χ1v) is 7.17. The molecule has 0 radical (unpaired) electrons. The Morgan fingerprint density at radius 2 is 2.32 bits per heavy atom. The van der Waals surface area contributed by atoms with Crippen LogP contribution in [0.25, 0.3) is 0 Å². The molecule has 1 atom stereocenters. The third-order valence-corrected chi connectivity index (χ3v) is 3.63. The van der Waals surface area contributed by atoms with Gasteiger partial charge in [-0.05, 0) is 45.4 Å². The van der Waals surface area contributed by atoms with Crippen molar-refractivity contribution >= 4 is 5.91 Å². The summed E-state index contributed by atoms with van der Waals surface area (Å²) >= 11 is 0. The Labute approximate surface area is 115 Å². The fraction of sp³-hybridized carbons (Fsp3) is 0.600. The number of aryl methyl sites for hydroxylation is 1. The molecular formula is C15H23N3O. The molecule has 2 heterocycles. The summed E-state index contributed by atoms with van der Waals surface area (Å²) in [5, 5.41) is 3.49. The molecule has 1 saturated heterocycles. The third-order valence-electron chi connectivity index (χ3n) is 3.63. The van der Waals surface area contributed by atoms with Gasteiger partial charge in [-0.25, -0.2) is 4.98 Å². The number of likely N-dealkylation sites (N-methyl/N-ethyl adjacent to an activating group) is 1. The van der Waals surface area contributed by atoms with Gasteiger partial charge in [0.15, 0.2) is 0 Å². The zero-order valence-electron chi connectivity index (χ0n) is 11.9. The number of aromatic nitrogens is 1. The average molecular weight is 261 g/mol. The van der Waals surface area contributed by atoms with Crippen LogP contribution in [0.5, 0.6) is 0 Å². The molecule has 1 fully saturated rings. The van der Waals surface area contributed by atoms with Crippen LogP contribution in [0.1, 0.15) is 42.4 Å². The van der Waals surface area contributed by atoms with Crippen molar-refractivity contribution in [2.45, 2.75) is 39.2 Å². The number of rotatable bonds is 4. The van der Waals surface area contributed by atoms with Crippen LogP contribution in [0, 0.1) is 6.92 Å². The van der Waals surface area contributed by atoms with Crippen molar-refractivity contribution in [2.24, 2.45) is 0 Å². The van der Waals surface area contributed by atoms with Crippen molar-refractivity contribution in [3.8, 4) is 0 Å². The van der Waals surface area contributed by atoms with E-state index < -0.39 is 0 Å². The Kier molecular flexibility index (Phi) is 4.91. The van der Waals surface area contributed by atoms with E-state index in [9.17, 15) is 4.79 Å². The van der Waals surface area contributed by atoms with E-state index in [-0.39, 0.29) is 5.91 Å². The molecule has 1 aliphatic rings. The summed E-state index contributed by atoms with van der Waals surface area (Å²) in [6.07, 6.45) is 3.66. The molecule has 1 aliphatic heterocycles. The first-order valence-electron chi connectivity index (χ1n) is 7.17. The van der Waals surface area contributed by atoms with E-state index in [1.54, 1.807) is 6.07 Å². The van der Waals surface area contributed by atoms with Crippen LogP contribution in [0.2, 0.25) is 0 Å². The van der Waals surface area contributed by atoms with Crippen LogP contribution >= 0.6 is 0 Å². The fourth-order valence-electron chi connectivity index (χ4n) is 2.53. The van der Waals surface area contributed by atoms with Gasteiger partial charge in [0, 0.05) is 24.8 Å². The van der Waals surface area contributed by atoms with Crippen LogP contribution in [-0.2, 0) is 0 Å². The molecular weight excluding hydrogens is 238 g/mol. The van der Waals surface area contributed by atoms with E-state index in [2.05, 4.69) is 10.3 Å². The van der Waals surface area contributed by atoms with E-state index in [0.717, 1.165) is 31.7 Å². The highest BCUT2D eigenvalue weighted by atomic mass is 16.2. The lowest BCUT2D eigenvalue weighted by atomic mass is 10.0. The maximum atomic E-state index is 12.4. The maximum Gasteiger partial charge on any atom is 0.272 e. The monoisotopic (exact) mass is 261 g/mol. The summed E-state index contributed by atoms with van der Waals surface area (Å²) in [4.78, 5) is 18.7. The Hall–Kier alpha value is -1.42. The van der Waals surface area contributed by atoms with Gasteiger partial charge in [0.25, 0.3) is 5.91 Å². The van der Waals surface area contributed by atoms with Gasteiger partial charge in [-0.1, -0.05) is 12.5 Å². The molecule has 2 rings (SSSR count). The number of carbonyl (C=O) groups excluding carboxylic acids is 1. The highest BCUT2D eigenvalue weighted by molar-refractivity contribution is 5.92. The van der Waals surface area contributed by atoms with E-state index in [4.69, 9.17) is 0 Å². The molecule has 1 N–H and O–H groups in total. The van der Waals surface area contributed by atoms with E-state index in [0.29, 0.717) is 11.7 Å². The molecule has 4 heteroatoms. The molecule has 0 aromatic carbocycles. The number of piperidine rings is 1. The minimum absolute atomic E-state index is 0.0403. The van der Waals surface area contributed by atoms with Gasteiger partial charge in [-0.3, -0.25) is 4.79 Å². The van der Waals surface area contributed by atoms with Crippen LogP contribution in [0.3, 0.4) is 0 Å². The normalized spacial score (nSPS) is 19.2. The van der Waals surface area contributed by atoms with Gasteiger partial charge >= 0.3 is 0 Å². The first kappa shape index (κ1) is 14.0. The van der Waals surface area contributed by atoms with Crippen molar-refractivity contribution in [2.75, 3.05) is 19.6 Å². The standard InChI is InChI=1S/C15H23N3O/c1-3-18(11-13-8-4-5-10-16-13)15(19)14-9-6-7-12(2)17-14/h6-7,9,13,16H,3-5,8,10-11H2,1-2H3. The number of carbonyl (C=O) groups is 1. The third kappa shape index (κ3) is 3.77. The molecule has 1 aromatic rings. The lowest BCUT2D eigenvalue weighted by Gasteiger charge is -2.29. The fourth-order valence-corrected chi connectivity index (χ4v) is 2.53. The number of nitrogens with one attached hydrogen (secondary N) is 1. The highest BCUT2D eigenvalue weighted by Gasteiger charge is 2.21. The molecule has 1 aromatic heterocycles. The lowest BCUT2D eigenvalue weighted by Crippen LogP contribution is -2.45. The van der Waals surface area contributed by atoms with Crippen molar-refractivity contribution in [3.05, 3.63) is 29.6 Å². The summed E-state index contributed by atoms with van der Waals surface area (Å²) in [6, 6.07) is 6.03. The van der Waals surface area contributed by atoms with E-state index >= 15 is 0 Å². The first-order chi connectivity index (χ1) is 9.20. The Morgan fingerprint density at radius 3 is 2.95 bits per heavy atom. The second kappa shape index (κ2) is 6.66. The predicted molar refractivity (Wildman–Crippen MR) is 76.2 cm³/mol. The summed E-state index contributed by atoms with van der Waals surface area (Å²) in [5.41, 5.74) is 1.44. The zero-order valence-corrected chi connectivity index (χ0v) is 11.9. The van der Waals surface area contributed by atoms with E-state index in [1.807, 2.05) is 30.9 Å². The van der Waals surface area contributed by atoms with E-state index in [1.165, 1.54) is 12.8 Å². The summed E-state index contributed by atoms with van der Waals surface area (Å²) in [7, 11) is 0. The van der Waals surface area contributed by atoms with Gasteiger partial charge in [-0.2, -0.15) is 0 Å². The lowest BCUT2D eigenvalue weighted by molar-refractivity contribution is 0.0735. The Balaban J connectivity index is 2.02. The molecule has 0 saturated carbocycles. The van der Waals surface area contributed by atoms with Gasteiger partial charge in [0.2, 0.25) is 0 Å². The highest BCUT2D eigenvalue weighted by Crippen LogP contribution is 2.10. The molecule has 1 amide bonds. The number of hydrogen-bond donors (Lipinski definition) is 1.